The number of alkyl halides is 3. The summed E-state index contributed by atoms with van der Waals surface area (Å²) in [5, 5.41) is 13.0. The Labute approximate surface area is 106 Å². The van der Waals surface area contributed by atoms with Crippen molar-refractivity contribution in [2.45, 2.75) is 32.1 Å². The number of hydrogen-bond donors (Lipinski definition) is 1. The minimum absolute atomic E-state index is 0.00611. The van der Waals surface area contributed by atoms with Crippen molar-refractivity contribution in [1.82, 2.24) is 5.32 Å². The zero-order valence-electron chi connectivity index (χ0n) is 10.00. The van der Waals surface area contributed by atoms with E-state index in [4.69, 9.17) is 0 Å². The lowest BCUT2D eigenvalue weighted by molar-refractivity contribution is -0.387. The van der Waals surface area contributed by atoms with Crippen LogP contribution in [0.3, 0.4) is 0 Å². The molecule has 4 nitrogen and oxygen atoms in total. The van der Waals surface area contributed by atoms with Gasteiger partial charge in [-0.1, -0.05) is 6.07 Å². The lowest BCUT2D eigenvalue weighted by atomic mass is 10.1. The monoisotopic (exact) mass is 280 g/mol. The predicted octanol–water partition coefficient (Wildman–Crippen LogP) is 3.16. The quantitative estimate of drug-likeness (QED) is 0.512. The van der Waals surface area contributed by atoms with Crippen LogP contribution in [0.5, 0.6) is 0 Å². The summed E-state index contributed by atoms with van der Waals surface area (Å²) in [4.78, 5) is 9.52. The van der Waals surface area contributed by atoms with Crippen LogP contribution in [-0.2, 0) is 6.54 Å². The zero-order valence-corrected chi connectivity index (χ0v) is 10.00. The van der Waals surface area contributed by atoms with Gasteiger partial charge in [-0.3, -0.25) is 10.1 Å². The average molecular weight is 280 g/mol. The summed E-state index contributed by atoms with van der Waals surface area (Å²) in [6.45, 7) is 1.36. The molecule has 0 fully saturated rings. The van der Waals surface area contributed by atoms with Gasteiger partial charge in [-0.15, -0.1) is 0 Å². The summed E-state index contributed by atoms with van der Waals surface area (Å²) in [6.07, 6.45) is -5.27. The molecule has 0 aliphatic carbocycles. The summed E-state index contributed by atoms with van der Waals surface area (Å²) in [5.74, 6) is -1.01. The van der Waals surface area contributed by atoms with Gasteiger partial charge in [-0.2, -0.15) is 17.6 Å². The van der Waals surface area contributed by atoms with Crippen LogP contribution < -0.4 is 5.32 Å². The highest BCUT2D eigenvalue weighted by Gasteiger charge is 2.29. The van der Waals surface area contributed by atoms with E-state index in [0.717, 1.165) is 12.1 Å². The Bertz CT molecular complexity index is 462. The standard InChI is InChI=1S/C11H12F4N2O2/c1-7(5-11(13,14)15)16-6-8-2-3-10(17(18)19)9(12)4-8/h2-4,7,16H,5-6H2,1H3. The Morgan fingerprint density at radius 1 is 1.42 bits per heavy atom. The number of nitro groups is 1. The maximum absolute atomic E-state index is 13.2. The first kappa shape index (κ1) is 15.4. The molecule has 0 saturated heterocycles. The van der Waals surface area contributed by atoms with E-state index in [0.29, 0.717) is 5.56 Å². The van der Waals surface area contributed by atoms with Crippen molar-refractivity contribution in [2.24, 2.45) is 0 Å². The number of halogens is 4. The summed E-state index contributed by atoms with van der Waals surface area (Å²) in [7, 11) is 0. The molecule has 1 aromatic rings. The molecule has 1 rings (SSSR count). The molecule has 1 atom stereocenters. The van der Waals surface area contributed by atoms with E-state index in [9.17, 15) is 27.7 Å². The number of rotatable bonds is 5. The molecule has 1 unspecified atom stereocenters. The van der Waals surface area contributed by atoms with Crippen molar-refractivity contribution >= 4 is 5.69 Å². The zero-order chi connectivity index (χ0) is 14.6. The van der Waals surface area contributed by atoms with Crippen LogP contribution in [0.4, 0.5) is 23.2 Å². The Morgan fingerprint density at radius 3 is 2.53 bits per heavy atom. The Balaban J connectivity index is 2.59. The van der Waals surface area contributed by atoms with Gasteiger partial charge in [0.2, 0.25) is 5.82 Å². The van der Waals surface area contributed by atoms with E-state index < -0.39 is 35.1 Å². The molecule has 0 bridgehead atoms. The molecule has 1 aromatic carbocycles. The normalized spacial score (nSPS) is 13.3. The topological polar surface area (TPSA) is 55.2 Å². The molecule has 0 spiro atoms. The first-order chi connectivity index (χ1) is 8.69. The van der Waals surface area contributed by atoms with E-state index in [2.05, 4.69) is 5.32 Å². The van der Waals surface area contributed by atoms with Gasteiger partial charge in [-0.05, 0) is 18.6 Å². The second-order valence-corrected chi connectivity index (χ2v) is 4.14. The van der Waals surface area contributed by atoms with E-state index in [1.54, 1.807) is 0 Å². The molecular formula is C11H12F4N2O2. The Kier molecular flexibility index (Phi) is 4.82. The van der Waals surface area contributed by atoms with Crippen LogP contribution in [-0.4, -0.2) is 17.1 Å². The van der Waals surface area contributed by atoms with Crippen LogP contribution >= 0.6 is 0 Å². The Morgan fingerprint density at radius 2 is 2.05 bits per heavy atom. The molecular weight excluding hydrogens is 268 g/mol. The van der Waals surface area contributed by atoms with E-state index in [1.807, 2.05) is 0 Å². The lowest BCUT2D eigenvalue weighted by Crippen LogP contribution is -2.30. The highest BCUT2D eigenvalue weighted by atomic mass is 19.4. The van der Waals surface area contributed by atoms with Gasteiger partial charge in [0.25, 0.3) is 0 Å². The molecule has 0 heterocycles. The molecule has 0 aliphatic rings. The largest absolute Gasteiger partial charge is 0.390 e. The Hall–Kier alpha value is -1.70. The van der Waals surface area contributed by atoms with Gasteiger partial charge in [0.1, 0.15) is 0 Å². The fraction of sp³-hybridized carbons (Fsp3) is 0.455. The minimum atomic E-state index is -4.27. The third kappa shape index (κ3) is 5.21. The maximum Gasteiger partial charge on any atom is 0.390 e. The van der Waals surface area contributed by atoms with Crippen molar-refractivity contribution in [3.05, 3.63) is 39.7 Å². The van der Waals surface area contributed by atoms with Crippen molar-refractivity contribution in [3.8, 4) is 0 Å². The molecule has 0 saturated carbocycles. The third-order valence-electron chi connectivity index (χ3n) is 2.40. The van der Waals surface area contributed by atoms with Gasteiger partial charge in [0.15, 0.2) is 0 Å². The van der Waals surface area contributed by atoms with E-state index in [-0.39, 0.29) is 6.54 Å². The molecule has 1 N–H and O–H groups in total. The van der Waals surface area contributed by atoms with Crippen LogP contribution in [0.1, 0.15) is 18.9 Å². The molecule has 0 radical (unpaired) electrons. The molecule has 106 valence electrons. The van der Waals surface area contributed by atoms with Crippen LogP contribution in [0, 0.1) is 15.9 Å². The van der Waals surface area contributed by atoms with Crippen LogP contribution in [0.15, 0.2) is 18.2 Å². The van der Waals surface area contributed by atoms with Crippen molar-refractivity contribution in [3.63, 3.8) is 0 Å². The number of nitrogens with zero attached hydrogens (tertiary/aromatic N) is 1. The fourth-order valence-corrected chi connectivity index (χ4v) is 1.52. The summed E-state index contributed by atoms with van der Waals surface area (Å²) >= 11 is 0. The second kappa shape index (κ2) is 5.96. The molecule has 0 aliphatic heterocycles. The van der Waals surface area contributed by atoms with Crippen molar-refractivity contribution in [1.29, 1.82) is 0 Å². The van der Waals surface area contributed by atoms with Crippen molar-refractivity contribution in [2.75, 3.05) is 0 Å². The van der Waals surface area contributed by atoms with Gasteiger partial charge < -0.3 is 5.32 Å². The average Bonchev–Trinajstić information content (AvgIpc) is 2.23. The number of benzene rings is 1. The molecule has 8 heteroatoms. The predicted molar refractivity (Wildman–Crippen MR) is 60.0 cm³/mol. The van der Waals surface area contributed by atoms with E-state index >= 15 is 0 Å². The van der Waals surface area contributed by atoms with Gasteiger partial charge in [-0.25, -0.2) is 0 Å². The number of hydrogen-bond acceptors (Lipinski definition) is 3. The SMILES string of the molecule is CC(CC(F)(F)F)NCc1ccc([N+](=O)[O-])c(F)c1. The van der Waals surface area contributed by atoms with E-state index in [1.165, 1.54) is 13.0 Å². The summed E-state index contributed by atoms with van der Waals surface area (Å²) in [5.41, 5.74) is -0.316. The summed E-state index contributed by atoms with van der Waals surface area (Å²) < 4.78 is 49.4. The second-order valence-electron chi connectivity index (χ2n) is 4.14. The van der Waals surface area contributed by atoms with Gasteiger partial charge >= 0.3 is 11.9 Å². The number of nitro benzene ring substituents is 1. The highest BCUT2D eigenvalue weighted by Crippen LogP contribution is 2.22. The van der Waals surface area contributed by atoms with Crippen LogP contribution in [0.2, 0.25) is 0 Å². The molecule has 0 amide bonds. The van der Waals surface area contributed by atoms with Crippen LogP contribution in [0.25, 0.3) is 0 Å². The minimum Gasteiger partial charge on any atom is -0.310 e. The molecule has 0 aromatic heterocycles. The number of nitrogens with one attached hydrogen (secondary N) is 1. The third-order valence-corrected chi connectivity index (χ3v) is 2.40. The van der Waals surface area contributed by atoms with Crippen molar-refractivity contribution < 1.29 is 22.5 Å². The van der Waals surface area contributed by atoms with Gasteiger partial charge in [0, 0.05) is 18.7 Å². The highest BCUT2D eigenvalue weighted by molar-refractivity contribution is 5.34. The first-order valence-corrected chi connectivity index (χ1v) is 5.42. The lowest BCUT2D eigenvalue weighted by Gasteiger charge is -2.15. The summed E-state index contributed by atoms with van der Waals surface area (Å²) in [6, 6.07) is 2.40. The smallest absolute Gasteiger partial charge is 0.310 e. The van der Waals surface area contributed by atoms with Gasteiger partial charge in [0.05, 0.1) is 11.3 Å². The fourth-order valence-electron chi connectivity index (χ4n) is 1.52. The first-order valence-electron chi connectivity index (χ1n) is 5.42. The maximum atomic E-state index is 13.2. The molecule has 19 heavy (non-hydrogen) atoms.